The predicted octanol–water partition coefficient (Wildman–Crippen LogP) is 4.73. The molecule has 0 aliphatic carbocycles. The lowest BCUT2D eigenvalue weighted by atomic mass is 10.2. The molecule has 1 N–H and O–H groups in total. The van der Waals surface area contributed by atoms with E-state index in [0.717, 1.165) is 11.8 Å². The number of aromatic nitrogens is 2. The van der Waals surface area contributed by atoms with Crippen molar-refractivity contribution >= 4 is 40.6 Å². The summed E-state index contributed by atoms with van der Waals surface area (Å²) in [6.45, 7) is 3.30. The smallest absolute Gasteiger partial charge is 0.277 e. The average Bonchev–Trinajstić information content (AvgIpc) is 3.11. The van der Waals surface area contributed by atoms with Crippen molar-refractivity contribution in [2.24, 2.45) is 0 Å². The van der Waals surface area contributed by atoms with E-state index in [1.165, 1.54) is 6.07 Å². The van der Waals surface area contributed by atoms with Crippen molar-refractivity contribution in [1.29, 1.82) is 0 Å². The Bertz CT molecular complexity index is 1040. The summed E-state index contributed by atoms with van der Waals surface area (Å²) in [6.07, 6.45) is 0. The topological polar surface area (TPSA) is 111 Å². The number of carbonyl (C=O) groups is 1. The Morgan fingerprint density at radius 3 is 2.75 bits per heavy atom. The van der Waals surface area contributed by atoms with E-state index in [2.05, 4.69) is 15.5 Å². The molecule has 0 aliphatic heterocycles. The third-order valence-electron chi connectivity index (χ3n) is 3.83. The quantitative estimate of drug-likeness (QED) is 0.350. The Kier molecular flexibility index (Phi) is 5.96. The number of rotatable bonds is 6. The second-order valence-electron chi connectivity index (χ2n) is 5.86. The summed E-state index contributed by atoms with van der Waals surface area (Å²) < 4.78 is 5.57. The minimum absolute atomic E-state index is 0.0561. The molecule has 8 nitrogen and oxygen atoms in total. The number of benzene rings is 2. The van der Waals surface area contributed by atoms with Gasteiger partial charge in [0, 0.05) is 17.3 Å². The highest BCUT2D eigenvalue weighted by Crippen LogP contribution is 2.30. The Hall–Kier alpha value is -2.91. The van der Waals surface area contributed by atoms with Crippen LogP contribution in [0.3, 0.4) is 0 Å². The number of hydrogen-bond donors (Lipinski definition) is 1. The standard InChI is InChI=1S/C18H15ClN4O4S/c1-10-7-8-12(9-15(10)23(25)26)20-16(24)11(2)28-18-22-21-17(27-18)13-5-3-4-6-14(13)19/h3-9,11H,1-2H3,(H,20,24). The average molecular weight is 419 g/mol. The van der Waals surface area contributed by atoms with Gasteiger partial charge in [-0.1, -0.05) is 41.6 Å². The van der Waals surface area contributed by atoms with Crippen molar-refractivity contribution in [1.82, 2.24) is 10.2 Å². The minimum Gasteiger partial charge on any atom is -0.411 e. The first-order valence-electron chi connectivity index (χ1n) is 8.16. The maximum Gasteiger partial charge on any atom is 0.277 e. The minimum atomic E-state index is -0.570. The van der Waals surface area contributed by atoms with E-state index in [1.807, 2.05) is 0 Å². The third-order valence-corrected chi connectivity index (χ3v) is 5.09. The lowest BCUT2D eigenvalue weighted by molar-refractivity contribution is -0.385. The number of halogens is 1. The zero-order valence-corrected chi connectivity index (χ0v) is 16.5. The molecular formula is C18H15ClN4O4S. The van der Waals surface area contributed by atoms with E-state index < -0.39 is 10.2 Å². The van der Waals surface area contributed by atoms with Crippen molar-refractivity contribution in [3.8, 4) is 11.5 Å². The van der Waals surface area contributed by atoms with E-state index in [-0.39, 0.29) is 22.7 Å². The molecule has 2 aromatic carbocycles. The lowest BCUT2D eigenvalue weighted by Gasteiger charge is -2.10. The van der Waals surface area contributed by atoms with Gasteiger partial charge < -0.3 is 9.73 Å². The number of thioether (sulfide) groups is 1. The maximum atomic E-state index is 12.4. The Balaban J connectivity index is 1.68. The Morgan fingerprint density at radius 2 is 2.04 bits per heavy atom. The van der Waals surface area contributed by atoms with Crippen molar-refractivity contribution in [2.75, 3.05) is 5.32 Å². The Morgan fingerprint density at radius 1 is 1.29 bits per heavy atom. The number of anilines is 1. The molecular weight excluding hydrogens is 404 g/mol. The molecule has 1 aromatic heterocycles. The van der Waals surface area contributed by atoms with Crippen LogP contribution in [-0.4, -0.2) is 26.3 Å². The van der Waals surface area contributed by atoms with Crippen LogP contribution in [0.2, 0.25) is 5.02 Å². The van der Waals surface area contributed by atoms with Crippen LogP contribution in [0, 0.1) is 17.0 Å². The fourth-order valence-electron chi connectivity index (χ4n) is 2.33. The van der Waals surface area contributed by atoms with Gasteiger partial charge in [-0.2, -0.15) is 0 Å². The van der Waals surface area contributed by atoms with E-state index in [0.29, 0.717) is 21.8 Å². The van der Waals surface area contributed by atoms with E-state index >= 15 is 0 Å². The number of nitro benzene ring substituents is 1. The molecule has 1 amide bonds. The molecule has 0 spiro atoms. The van der Waals surface area contributed by atoms with Gasteiger partial charge in [0.05, 0.1) is 20.8 Å². The monoisotopic (exact) mass is 418 g/mol. The molecule has 28 heavy (non-hydrogen) atoms. The van der Waals surface area contributed by atoms with Gasteiger partial charge in [-0.15, -0.1) is 10.2 Å². The SMILES string of the molecule is Cc1ccc(NC(=O)C(C)Sc2nnc(-c3ccccc3Cl)o2)cc1[N+](=O)[O-]. The predicted molar refractivity (Wildman–Crippen MR) is 107 cm³/mol. The van der Waals surface area contributed by atoms with Gasteiger partial charge in [0.2, 0.25) is 11.8 Å². The van der Waals surface area contributed by atoms with Crippen LogP contribution in [-0.2, 0) is 4.79 Å². The van der Waals surface area contributed by atoms with Gasteiger partial charge in [0.1, 0.15) is 0 Å². The molecule has 1 atom stereocenters. The van der Waals surface area contributed by atoms with Crippen molar-refractivity contribution in [2.45, 2.75) is 24.3 Å². The largest absolute Gasteiger partial charge is 0.411 e. The van der Waals surface area contributed by atoms with E-state index in [1.54, 1.807) is 50.2 Å². The molecule has 0 aliphatic rings. The highest BCUT2D eigenvalue weighted by Gasteiger charge is 2.20. The summed E-state index contributed by atoms with van der Waals surface area (Å²) >= 11 is 7.19. The third kappa shape index (κ3) is 4.49. The van der Waals surface area contributed by atoms with Crippen LogP contribution in [0.4, 0.5) is 11.4 Å². The normalized spacial score (nSPS) is 11.8. The van der Waals surface area contributed by atoms with Crippen LogP contribution in [0.25, 0.3) is 11.5 Å². The number of amides is 1. The van der Waals surface area contributed by atoms with Gasteiger partial charge in [-0.3, -0.25) is 14.9 Å². The number of nitro groups is 1. The van der Waals surface area contributed by atoms with Gasteiger partial charge in [-0.05, 0) is 32.0 Å². The fraction of sp³-hybridized carbons (Fsp3) is 0.167. The van der Waals surface area contributed by atoms with Gasteiger partial charge in [-0.25, -0.2) is 0 Å². The second kappa shape index (κ2) is 8.41. The summed E-state index contributed by atoms with van der Waals surface area (Å²) in [5.74, 6) is -0.0875. The van der Waals surface area contributed by atoms with Crippen molar-refractivity contribution in [3.63, 3.8) is 0 Å². The fourth-order valence-corrected chi connectivity index (χ4v) is 3.23. The van der Waals surface area contributed by atoms with Crippen LogP contribution < -0.4 is 5.32 Å². The summed E-state index contributed by atoms with van der Waals surface area (Å²) in [5, 5.41) is 21.7. The lowest BCUT2D eigenvalue weighted by Crippen LogP contribution is -2.22. The van der Waals surface area contributed by atoms with Crippen LogP contribution in [0.5, 0.6) is 0 Å². The highest BCUT2D eigenvalue weighted by molar-refractivity contribution is 8.00. The van der Waals surface area contributed by atoms with Crippen LogP contribution in [0.15, 0.2) is 52.1 Å². The molecule has 3 aromatic rings. The second-order valence-corrected chi connectivity index (χ2v) is 7.56. The van der Waals surface area contributed by atoms with Crippen molar-refractivity contribution < 1.29 is 14.1 Å². The number of carbonyl (C=O) groups excluding carboxylic acids is 1. The van der Waals surface area contributed by atoms with Crippen molar-refractivity contribution in [3.05, 3.63) is 63.2 Å². The summed E-state index contributed by atoms with van der Waals surface area (Å²) in [7, 11) is 0. The molecule has 1 unspecified atom stereocenters. The first-order chi connectivity index (χ1) is 13.3. The van der Waals surface area contributed by atoms with E-state index in [4.69, 9.17) is 16.0 Å². The summed E-state index contributed by atoms with van der Waals surface area (Å²) in [4.78, 5) is 22.9. The maximum absolute atomic E-state index is 12.4. The molecule has 144 valence electrons. The number of hydrogen-bond acceptors (Lipinski definition) is 7. The first kappa shape index (κ1) is 19.8. The Labute approximate surface area is 169 Å². The van der Waals surface area contributed by atoms with Gasteiger partial charge in [0.15, 0.2) is 0 Å². The zero-order valence-electron chi connectivity index (χ0n) is 14.9. The first-order valence-corrected chi connectivity index (χ1v) is 9.42. The van der Waals surface area contributed by atoms with Crippen LogP contribution >= 0.6 is 23.4 Å². The van der Waals surface area contributed by atoms with Crippen LogP contribution in [0.1, 0.15) is 12.5 Å². The zero-order chi connectivity index (χ0) is 20.3. The number of nitrogens with zero attached hydrogens (tertiary/aromatic N) is 3. The molecule has 1 heterocycles. The van der Waals surface area contributed by atoms with Gasteiger partial charge in [0.25, 0.3) is 10.9 Å². The molecule has 0 bridgehead atoms. The molecule has 0 fully saturated rings. The molecule has 3 rings (SSSR count). The summed E-state index contributed by atoms with van der Waals surface area (Å²) in [6, 6.07) is 11.6. The summed E-state index contributed by atoms with van der Waals surface area (Å²) in [5.41, 5.74) is 1.41. The number of nitrogens with one attached hydrogen (secondary N) is 1. The van der Waals surface area contributed by atoms with E-state index in [9.17, 15) is 14.9 Å². The molecule has 0 radical (unpaired) electrons. The highest BCUT2D eigenvalue weighted by atomic mass is 35.5. The molecule has 0 saturated heterocycles. The molecule has 10 heteroatoms. The number of aryl methyl sites for hydroxylation is 1. The molecule has 0 saturated carbocycles. The van der Waals surface area contributed by atoms with Gasteiger partial charge >= 0.3 is 0 Å².